The predicted molar refractivity (Wildman–Crippen MR) is 202 cm³/mol. The Morgan fingerprint density at radius 1 is 1.08 bits per heavy atom. The van der Waals surface area contributed by atoms with Crippen LogP contribution in [0.25, 0.3) is 0 Å². The monoisotopic (exact) mass is 741 g/mol. The topological polar surface area (TPSA) is 176 Å². The number of likely N-dealkylation sites (N-methyl/N-ethyl adjacent to an activating group) is 2. The van der Waals surface area contributed by atoms with Crippen molar-refractivity contribution in [2.75, 3.05) is 20.6 Å². The molecule has 0 spiro atoms. The molecule has 1 aromatic carbocycles. The molecular weight excluding hydrogens is 683 g/mol. The number of amides is 4. The number of esters is 1. The number of hydrazine groups is 1. The second-order valence-corrected chi connectivity index (χ2v) is 15.7. The van der Waals surface area contributed by atoms with Gasteiger partial charge in [0.25, 0.3) is 5.91 Å². The summed E-state index contributed by atoms with van der Waals surface area (Å²) < 4.78 is 5.79. The summed E-state index contributed by atoms with van der Waals surface area (Å²) in [7, 11) is 3.66. The quantitative estimate of drug-likeness (QED) is 0.0762. The van der Waals surface area contributed by atoms with Crippen LogP contribution in [0.1, 0.15) is 108 Å². The third-order valence-corrected chi connectivity index (χ3v) is 11.5. The Labute approximate surface area is 312 Å². The lowest BCUT2D eigenvalue weighted by Gasteiger charge is -2.38. The Morgan fingerprint density at radius 2 is 1.75 bits per heavy atom. The van der Waals surface area contributed by atoms with Gasteiger partial charge in [0, 0.05) is 43.8 Å². The molecule has 3 rings (SSSR count). The van der Waals surface area contributed by atoms with Crippen LogP contribution in [-0.4, -0.2) is 88.7 Å². The van der Waals surface area contributed by atoms with Crippen LogP contribution in [0.3, 0.4) is 0 Å². The molecule has 13 nitrogen and oxygen atoms in total. The Morgan fingerprint density at radius 3 is 2.31 bits per heavy atom. The molecule has 0 aliphatic carbocycles. The third-order valence-electron chi connectivity index (χ3n) is 10.6. The second kappa shape index (κ2) is 19.3. The average Bonchev–Trinajstić information content (AvgIpc) is 3.74. The van der Waals surface area contributed by atoms with E-state index in [4.69, 9.17) is 10.6 Å². The summed E-state index contributed by atoms with van der Waals surface area (Å²) in [5.41, 5.74) is 2.64. The number of carbonyl (C=O) groups is 5. The zero-order chi connectivity index (χ0) is 38.7. The van der Waals surface area contributed by atoms with Crippen LogP contribution in [0.4, 0.5) is 0 Å². The highest BCUT2D eigenvalue weighted by Gasteiger charge is 2.44. The number of ether oxygens (including phenoxy) is 1. The van der Waals surface area contributed by atoms with Crippen molar-refractivity contribution in [3.8, 4) is 0 Å². The number of nitrogens with two attached hydrogens (primary N) is 1. The van der Waals surface area contributed by atoms with Crippen LogP contribution >= 0.6 is 11.3 Å². The van der Waals surface area contributed by atoms with Crippen LogP contribution in [0.15, 0.2) is 35.7 Å². The van der Waals surface area contributed by atoms with Gasteiger partial charge in [-0.15, -0.1) is 11.3 Å². The smallest absolute Gasteiger partial charge is 0.303 e. The lowest BCUT2D eigenvalue weighted by atomic mass is 9.91. The van der Waals surface area contributed by atoms with E-state index < -0.39 is 47.6 Å². The number of nitrogens with zero attached hydrogens (tertiary/aromatic N) is 3. The summed E-state index contributed by atoms with van der Waals surface area (Å²) in [6.45, 7) is 13.7. The molecule has 52 heavy (non-hydrogen) atoms. The number of carbonyl (C=O) groups excluding carboxylic acids is 5. The maximum atomic E-state index is 14.2. The van der Waals surface area contributed by atoms with Gasteiger partial charge in [0.05, 0.1) is 5.54 Å². The fourth-order valence-electron chi connectivity index (χ4n) is 6.81. The molecule has 0 saturated carbocycles. The Bertz CT molecular complexity index is 1520. The van der Waals surface area contributed by atoms with Crippen LogP contribution < -0.4 is 21.9 Å². The van der Waals surface area contributed by atoms with Gasteiger partial charge in [0.2, 0.25) is 17.7 Å². The number of benzene rings is 1. The van der Waals surface area contributed by atoms with E-state index in [2.05, 4.69) is 21.0 Å². The molecular formula is C38H59N7O6S. The van der Waals surface area contributed by atoms with Gasteiger partial charge in [0.1, 0.15) is 16.7 Å². The molecule has 0 unspecified atom stereocenters. The molecule has 1 aliphatic rings. The fourth-order valence-corrected chi connectivity index (χ4v) is 7.65. The average molecular weight is 742 g/mol. The summed E-state index contributed by atoms with van der Waals surface area (Å²) in [6, 6.07) is 8.13. The van der Waals surface area contributed by atoms with Crippen molar-refractivity contribution in [1.29, 1.82) is 0 Å². The molecule has 14 heteroatoms. The van der Waals surface area contributed by atoms with E-state index in [-0.39, 0.29) is 41.7 Å². The highest BCUT2D eigenvalue weighted by molar-refractivity contribution is 7.09. The number of nitrogens with one attached hydrogen (secondary N) is 3. The number of hydrogen-bond donors (Lipinski definition) is 4. The summed E-state index contributed by atoms with van der Waals surface area (Å²) in [5, 5.41) is 8.17. The molecule has 288 valence electrons. The summed E-state index contributed by atoms with van der Waals surface area (Å²) in [5.74, 6) is 3.10. The van der Waals surface area contributed by atoms with Gasteiger partial charge in [-0.1, -0.05) is 71.4 Å². The maximum absolute atomic E-state index is 14.2. The summed E-state index contributed by atoms with van der Waals surface area (Å²) in [4.78, 5) is 74.3. The number of aromatic nitrogens is 1. The van der Waals surface area contributed by atoms with Crippen molar-refractivity contribution in [3.63, 3.8) is 0 Å². The van der Waals surface area contributed by atoms with Gasteiger partial charge in [-0.3, -0.25) is 34.3 Å². The molecule has 7 atom stereocenters. The first-order valence-corrected chi connectivity index (χ1v) is 19.2. The molecule has 0 bridgehead atoms. The van der Waals surface area contributed by atoms with Crippen LogP contribution in [0.2, 0.25) is 0 Å². The molecule has 2 aromatic rings. The lowest BCUT2D eigenvalue weighted by molar-refractivity contribution is -0.149. The van der Waals surface area contributed by atoms with Gasteiger partial charge >= 0.3 is 5.97 Å². The fraction of sp³-hybridized carbons (Fsp3) is 0.632. The number of thiazole rings is 1. The van der Waals surface area contributed by atoms with Gasteiger partial charge in [-0.25, -0.2) is 10.8 Å². The first-order valence-electron chi connectivity index (χ1n) is 18.3. The lowest BCUT2D eigenvalue weighted by Crippen LogP contribution is -2.60. The zero-order valence-corrected chi connectivity index (χ0v) is 33.0. The van der Waals surface area contributed by atoms with E-state index >= 15 is 0 Å². The van der Waals surface area contributed by atoms with Crippen molar-refractivity contribution >= 4 is 40.9 Å². The minimum absolute atomic E-state index is 0.0482. The number of hydrogen-bond acceptors (Lipinski definition) is 10. The molecule has 0 radical (unpaired) electrons. The van der Waals surface area contributed by atoms with Gasteiger partial charge in [0.15, 0.2) is 6.10 Å². The van der Waals surface area contributed by atoms with E-state index in [9.17, 15) is 24.0 Å². The minimum Gasteiger partial charge on any atom is -0.455 e. The SMILES string of the molecule is CC[C@H](C)[C@H](NC(=O)[C@@]1(C)CCCN1C)C(=O)N(C)[C@H](C[C@@H](OC(C)=O)c1nc(C(=O)N[C@@H](Cc2ccccc2)C[C@H](C)C(=O)NN)cs1)C(C)C. The summed E-state index contributed by atoms with van der Waals surface area (Å²) in [6.07, 6.45) is 2.57. The summed E-state index contributed by atoms with van der Waals surface area (Å²) >= 11 is 1.20. The minimum atomic E-state index is -0.831. The second-order valence-electron chi connectivity index (χ2n) is 14.8. The van der Waals surface area contributed by atoms with Crippen molar-refractivity contribution < 1.29 is 28.7 Å². The molecule has 1 aromatic heterocycles. The molecule has 5 N–H and O–H groups in total. The molecule has 4 amide bonds. The molecule has 1 fully saturated rings. The van der Waals surface area contributed by atoms with E-state index in [1.54, 1.807) is 24.3 Å². The van der Waals surface area contributed by atoms with Crippen molar-refractivity contribution in [2.24, 2.45) is 23.6 Å². The number of likely N-dealkylation sites (tertiary alicyclic amines) is 1. The van der Waals surface area contributed by atoms with Crippen LogP contribution in [-0.2, 0) is 30.3 Å². The van der Waals surface area contributed by atoms with Gasteiger partial charge in [-0.2, -0.15) is 0 Å². The highest BCUT2D eigenvalue weighted by Crippen LogP contribution is 2.32. The van der Waals surface area contributed by atoms with Crippen molar-refractivity contribution in [2.45, 2.75) is 117 Å². The Hall–Kier alpha value is -3.88. The Kier molecular flexibility index (Phi) is 15.8. The largest absolute Gasteiger partial charge is 0.455 e. The van der Waals surface area contributed by atoms with Gasteiger partial charge < -0.3 is 20.3 Å². The standard InChI is InChI=1S/C38H59N7O6S/c1-10-24(4)32(42-37(50)38(7)17-14-18-44(38)8)36(49)45(9)30(23(2)3)21-31(51-26(6)46)35-41-29(22-52-35)34(48)40-28(19-25(5)33(47)43-39)20-27-15-12-11-13-16-27/h11-13,15-16,22-25,28,30-32H,10,14,17-21,39H2,1-9H3,(H,40,48)(H,42,50)(H,43,47)/t24-,25-,28+,30+,31+,32-,38+/m0/s1. The highest BCUT2D eigenvalue weighted by atomic mass is 32.1. The molecule has 1 saturated heterocycles. The maximum Gasteiger partial charge on any atom is 0.303 e. The number of rotatable bonds is 18. The first-order chi connectivity index (χ1) is 24.5. The molecule has 1 aliphatic heterocycles. The zero-order valence-electron chi connectivity index (χ0n) is 32.2. The van der Waals surface area contributed by atoms with Crippen molar-refractivity contribution in [3.05, 3.63) is 52.0 Å². The Balaban J connectivity index is 1.83. The first kappa shape index (κ1) is 42.5. The normalized spacial score (nSPS) is 19.5. The van der Waals surface area contributed by atoms with E-state index in [1.165, 1.54) is 18.3 Å². The van der Waals surface area contributed by atoms with Gasteiger partial charge in [-0.05, 0) is 63.6 Å². The van der Waals surface area contributed by atoms with E-state index in [0.717, 1.165) is 24.9 Å². The van der Waals surface area contributed by atoms with Crippen LogP contribution in [0, 0.1) is 17.8 Å². The molecule has 2 heterocycles. The predicted octanol–water partition coefficient (Wildman–Crippen LogP) is 3.99. The third kappa shape index (κ3) is 11.1. The van der Waals surface area contributed by atoms with Crippen molar-refractivity contribution in [1.82, 2.24) is 30.8 Å². The van der Waals surface area contributed by atoms with E-state index in [1.807, 2.05) is 76.9 Å². The van der Waals surface area contributed by atoms with E-state index in [0.29, 0.717) is 24.3 Å². The van der Waals surface area contributed by atoms with Crippen LogP contribution in [0.5, 0.6) is 0 Å².